The quantitative estimate of drug-likeness (QED) is 0.756. The van der Waals surface area contributed by atoms with Crippen molar-refractivity contribution < 1.29 is 4.79 Å². The number of amides is 2. The van der Waals surface area contributed by atoms with Crippen LogP contribution in [0.5, 0.6) is 0 Å². The minimum absolute atomic E-state index is 0.0714. The molecule has 0 aliphatic carbocycles. The molecule has 1 aromatic carbocycles. The van der Waals surface area contributed by atoms with Crippen molar-refractivity contribution in [2.75, 3.05) is 24.5 Å². The largest absolute Gasteiger partial charge is 0.330 e. The first kappa shape index (κ1) is 16.6. The molecular formula is C19H20N6OS. The molecule has 2 aromatic heterocycles. The van der Waals surface area contributed by atoms with E-state index < -0.39 is 0 Å². The number of aromatic nitrogens is 3. The third kappa shape index (κ3) is 3.15. The number of rotatable bonds is 3. The maximum absolute atomic E-state index is 12.4. The lowest BCUT2D eigenvalue weighted by atomic mass is 9.88. The van der Waals surface area contributed by atoms with Crippen LogP contribution >= 0.6 is 11.3 Å². The van der Waals surface area contributed by atoms with Crippen molar-refractivity contribution in [1.29, 1.82) is 0 Å². The van der Waals surface area contributed by atoms with Crippen molar-refractivity contribution in [1.82, 2.24) is 25.4 Å². The van der Waals surface area contributed by atoms with Crippen LogP contribution in [0.4, 0.5) is 10.6 Å². The lowest BCUT2D eigenvalue weighted by molar-refractivity contribution is 0.151. The number of nitrogens with zero attached hydrogens (tertiary/aromatic N) is 5. The maximum atomic E-state index is 12.4. The Kier molecular flexibility index (Phi) is 4.02. The first-order chi connectivity index (χ1) is 13.2. The zero-order chi connectivity index (χ0) is 18.3. The number of likely N-dealkylation sites (tertiary alicyclic amines) is 1. The number of hydrogen-bond acceptors (Lipinski definition) is 6. The summed E-state index contributed by atoms with van der Waals surface area (Å²) in [5, 5.41) is 11.2. The van der Waals surface area contributed by atoms with Gasteiger partial charge in [-0.05, 0) is 42.7 Å². The second-order valence-corrected chi connectivity index (χ2v) is 8.20. The molecule has 27 heavy (non-hydrogen) atoms. The molecule has 4 heterocycles. The van der Waals surface area contributed by atoms with E-state index in [9.17, 15) is 4.79 Å². The summed E-state index contributed by atoms with van der Waals surface area (Å²) in [6, 6.07) is 10.1. The van der Waals surface area contributed by atoms with Gasteiger partial charge in [-0.2, -0.15) is 5.10 Å². The average Bonchev–Trinajstić information content (AvgIpc) is 3.29. The second-order valence-electron chi connectivity index (χ2n) is 7.31. The third-order valence-corrected chi connectivity index (χ3v) is 6.34. The van der Waals surface area contributed by atoms with Crippen LogP contribution in [-0.2, 0) is 6.54 Å². The zero-order valence-electron chi connectivity index (χ0n) is 14.8. The Labute approximate surface area is 161 Å². The summed E-state index contributed by atoms with van der Waals surface area (Å²) < 4.78 is 1.23. The molecule has 3 aromatic rings. The van der Waals surface area contributed by atoms with Crippen LogP contribution < -0.4 is 10.2 Å². The highest BCUT2D eigenvalue weighted by Gasteiger charge is 2.45. The first-order valence-electron chi connectivity index (χ1n) is 9.13. The van der Waals surface area contributed by atoms with E-state index >= 15 is 0 Å². The zero-order valence-corrected chi connectivity index (χ0v) is 15.7. The summed E-state index contributed by atoms with van der Waals surface area (Å²) in [7, 11) is 0. The van der Waals surface area contributed by atoms with Gasteiger partial charge in [-0.25, -0.2) is 9.78 Å². The molecule has 8 heteroatoms. The van der Waals surface area contributed by atoms with Crippen LogP contribution in [0.25, 0.3) is 10.2 Å². The van der Waals surface area contributed by atoms with E-state index in [-0.39, 0.29) is 11.6 Å². The van der Waals surface area contributed by atoms with E-state index in [4.69, 9.17) is 0 Å². The molecule has 5 rings (SSSR count). The number of thiazole rings is 1. The Morgan fingerprint density at radius 1 is 1.22 bits per heavy atom. The van der Waals surface area contributed by atoms with Gasteiger partial charge in [0.15, 0.2) is 5.82 Å². The number of nitrogens with one attached hydrogen (secondary N) is 1. The normalized spacial score (nSPS) is 19.7. The smallest absolute Gasteiger partial charge is 0.323 e. The van der Waals surface area contributed by atoms with Crippen LogP contribution in [-0.4, -0.2) is 51.3 Å². The summed E-state index contributed by atoms with van der Waals surface area (Å²) in [5.41, 5.74) is 4.10. The number of hydrogen-bond donors (Lipinski definition) is 1. The van der Waals surface area contributed by atoms with E-state index in [1.165, 1.54) is 10.3 Å². The molecule has 2 saturated heterocycles. The van der Waals surface area contributed by atoms with Crippen molar-refractivity contribution in [2.45, 2.75) is 24.9 Å². The molecule has 0 saturated carbocycles. The lowest BCUT2D eigenvalue weighted by Crippen LogP contribution is -2.52. The summed E-state index contributed by atoms with van der Waals surface area (Å²) in [4.78, 5) is 21.0. The summed E-state index contributed by atoms with van der Waals surface area (Å²) in [6.07, 6.45) is 3.50. The van der Waals surface area contributed by atoms with E-state index in [1.54, 1.807) is 22.4 Å². The highest BCUT2D eigenvalue weighted by molar-refractivity contribution is 7.16. The van der Waals surface area contributed by atoms with Gasteiger partial charge >= 0.3 is 6.03 Å². The number of carbonyl (C=O) groups is 1. The molecule has 138 valence electrons. The minimum Gasteiger partial charge on any atom is -0.330 e. The Hall–Kier alpha value is -2.58. The van der Waals surface area contributed by atoms with Crippen molar-refractivity contribution >= 4 is 33.4 Å². The summed E-state index contributed by atoms with van der Waals surface area (Å²) >= 11 is 1.67. The number of fused-ring (bicyclic) bond motifs is 1. The van der Waals surface area contributed by atoms with Gasteiger partial charge in [0, 0.05) is 25.8 Å². The van der Waals surface area contributed by atoms with Gasteiger partial charge in [-0.15, -0.1) is 16.4 Å². The van der Waals surface area contributed by atoms with Gasteiger partial charge in [0.25, 0.3) is 0 Å². The number of carbonyl (C=O) groups excluding carboxylic acids is 1. The first-order valence-corrected chi connectivity index (χ1v) is 10.0. The molecule has 0 atom stereocenters. The van der Waals surface area contributed by atoms with E-state index in [1.807, 2.05) is 17.6 Å². The fourth-order valence-electron chi connectivity index (χ4n) is 4.01. The Morgan fingerprint density at radius 2 is 2.11 bits per heavy atom. The SMILES string of the molecule is O=C1NC2(CCN(Cc3ccc4scnc4c3)CC2)CN1c1cccnn1. The topological polar surface area (TPSA) is 74.2 Å². The van der Waals surface area contributed by atoms with Crippen LogP contribution in [0.1, 0.15) is 18.4 Å². The van der Waals surface area contributed by atoms with E-state index in [0.29, 0.717) is 12.4 Å². The maximum Gasteiger partial charge on any atom is 0.323 e. The average molecular weight is 380 g/mol. The highest BCUT2D eigenvalue weighted by atomic mass is 32.1. The van der Waals surface area contributed by atoms with Gasteiger partial charge in [0.2, 0.25) is 0 Å². The van der Waals surface area contributed by atoms with Crippen molar-refractivity contribution in [3.8, 4) is 0 Å². The van der Waals surface area contributed by atoms with Crippen molar-refractivity contribution in [2.24, 2.45) is 0 Å². The molecule has 1 N–H and O–H groups in total. The van der Waals surface area contributed by atoms with Crippen LogP contribution in [0, 0.1) is 0 Å². The predicted octanol–water partition coefficient (Wildman–Crippen LogP) is 2.65. The van der Waals surface area contributed by atoms with Gasteiger partial charge in [-0.1, -0.05) is 6.07 Å². The lowest BCUT2D eigenvalue weighted by Gasteiger charge is -2.38. The van der Waals surface area contributed by atoms with Gasteiger partial charge < -0.3 is 5.32 Å². The Morgan fingerprint density at radius 3 is 2.93 bits per heavy atom. The molecule has 1 spiro atoms. The van der Waals surface area contributed by atoms with Crippen LogP contribution in [0.2, 0.25) is 0 Å². The monoisotopic (exact) mass is 380 g/mol. The summed E-state index contributed by atoms with van der Waals surface area (Å²) in [6.45, 7) is 3.50. The number of anilines is 1. The van der Waals surface area contributed by atoms with Crippen molar-refractivity contribution in [3.63, 3.8) is 0 Å². The minimum atomic E-state index is -0.163. The molecule has 0 unspecified atom stereocenters. The molecular weight excluding hydrogens is 360 g/mol. The number of piperidine rings is 1. The molecule has 0 bridgehead atoms. The fourth-order valence-corrected chi connectivity index (χ4v) is 4.67. The summed E-state index contributed by atoms with van der Waals surface area (Å²) in [5.74, 6) is 0.617. The molecule has 2 aliphatic rings. The Bertz CT molecular complexity index is 967. The van der Waals surface area contributed by atoms with Gasteiger partial charge in [-0.3, -0.25) is 9.80 Å². The van der Waals surface area contributed by atoms with E-state index in [0.717, 1.165) is 38.0 Å². The molecule has 2 amide bonds. The Balaban J connectivity index is 1.24. The number of benzene rings is 1. The molecule has 7 nitrogen and oxygen atoms in total. The number of urea groups is 1. The third-order valence-electron chi connectivity index (χ3n) is 5.53. The molecule has 2 fully saturated rings. The van der Waals surface area contributed by atoms with Crippen LogP contribution in [0.15, 0.2) is 42.0 Å². The van der Waals surface area contributed by atoms with E-state index in [2.05, 4.69) is 43.6 Å². The predicted molar refractivity (Wildman–Crippen MR) is 105 cm³/mol. The fraction of sp³-hybridized carbons (Fsp3) is 0.368. The van der Waals surface area contributed by atoms with Gasteiger partial charge in [0.05, 0.1) is 27.8 Å². The van der Waals surface area contributed by atoms with Crippen molar-refractivity contribution in [3.05, 3.63) is 47.6 Å². The standard InChI is InChI=1S/C19H20N6OS/c26-18-22-19(12-25(18)17-2-1-7-21-23-17)5-8-24(9-6-19)11-14-3-4-16-15(10-14)20-13-27-16/h1-4,7,10,13H,5-6,8-9,11-12H2,(H,22,26). The molecule has 2 aliphatic heterocycles. The highest BCUT2D eigenvalue weighted by Crippen LogP contribution is 2.31. The molecule has 0 radical (unpaired) electrons. The van der Waals surface area contributed by atoms with Crippen LogP contribution in [0.3, 0.4) is 0 Å². The second kappa shape index (κ2) is 6.54. The van der Waals surface area contributed by atoms with Gasteiger partial charge in [0.1, 0.15) is 0 Å².